The summed E-state index contributed by atoms with van der Waals surface area (Å²) in [5.74, 6) is -0.845. The Balaban J connectivity index is 2.16. The van der Waals surface area contributed by atoms with Crippen molar-refractivity contribution >= 4 is 23.8 Å². The minimum Gasteiger partial charge on any atom is -0.478 e. The molecule has 0 aliphatic carbocycles. The van der Waals surface area contributed by atoms with Gasteiger partial charge in [0.1, 0.15) is 5.82 Å². The lowest BCUT2D eigenvalue weighted by atomic mass is 10.2. The molecular formula is C13H12N4O3. The smallest absolute Gasteiger partial charge is 0.328 e. The number of carboxylic acids is 1. The standard InChI is InChI=1S/C13H12N4O3/c1-17-11(4-5-15-17)16-13(20)10-6-9(7-14-8-10)2-3-12(18)19/h2-8H,1H3,(H,16,20)(H,18,19). The molecule has 7 heteroatoms. The number of rotatable bonds is 4. The third kappa shape index (κ3) is 3.29. The highest BCUT2D eigenvalue weighted by atomic mass is 16.4. The number of hydrogen-bond acceptors (Lipinski definition) is 4. The fourth-order valence-corrected chi connectivity index (χ4v) is 1.53. The number of amides is 1. The SMILES string of the molecule is Cn1nccc1NC(=O)c1cncc(C=CC(=O)O)c1. The van der Waals surface area contributed by atoms with Gasteiger partial charge in [-0.25, -0.2) is 4.79 Å². The van der Waals surface area contributed by atoms with E-state index in [-0.39, 0.29) is 5.91 Å². The van der Waals surface area contributed by atoms with Gasteiger partial charge in [0.2, 0.25) is 0 Å². The molecule has 102 valence electrons. The van der Waals surface area contributed by atoms with Crippen LogP contribution in [0.2, 0.25) is 0 Å². The lowest BCUT2D eigenvalue weighted by molar-refractivity contribution is -0.131. The third-order valence-corrected chi connectivity index (χ3v) is 2.50. The first kappa shape index (κ1) is 13.5. The zero-order valence-corrected chi connectivity index (χ0v) is 10.6. The zero-order valence-electron chi connectivity index (χ0n) is 10.6. The van der Waals surface area contributed by atoms with Crippen LogP contribution in [0, 0.1) is 0 Å². The molecule has 7 nitrogen and oxygen atoms in total. The summed E-state index contributed by atoms with van der Waals surface area (Å²) in [6.45, 7) is 0. The molecule has 2 heterocycles. The van der Waals surface area contributed by atoms with E-state index < -0.39 is 5.97 Å². The minimum atomic E-state index is -1.06. The number of nitrogens with zero attached hydrogens (tertiary/aromatic N) is 3. The molecular weight excluding hydrogens is 260 g/mol. The van der Waals surface area contributed by atoms with Gasteiger partial charge in [-0.1, -0.05) is 0 Å². The van der Waals surface area contributed by atoms with E-state index in [0.717, 1.165) is 6.08 Å². The molecule has 2 N–H and O–H groups in total. The number of aliphatic carboxylic acids is 1. The van der Waals surface area contributed by atoms with Crippen molar-refractivity contribution in [2.75, 3.05) is 5.32 Å². The Morgan fingerprint density at radius 3 is 2.85 bits per heavy atom. The Morgan fingerprint density at radius 1 is 1.40 bits per heavy atom. The average molecular weight is 272 g/mol. The van der Waals surface area contributed by atoms with Crippen molar-refractivity contribution in [2.24, 2.45) is 7.05 Å². The van der Waals surface area contributed by atoms with Crippen LogP contribution >= 0.6 is 0 Å². The third-order valence-electron chi connectivity index (χ3n) is 2.50. The Labute approximate surface area is 114 Å². The molecule has 2 rings (SSSR count). The van der Waals surface area contributed by atoms with Gasteiger partial charge in [-0.2, -0.15) is 5.10 Å². The monoisotopic (exact) mass is 272 g/mol. The number of carbonyl (C=O) groups is 2. The van der Waals surface area contributed by atoms with Crippen molar-refractivity contribution in [1.29, 1.82) is 0 Å². The summed E-state index contributed by atoms with van der Waals surface area (Å²) >= 11 is 0. The maximum absolute atomic E-state index is 12.0. The normalized spacial score (nSPS) is 10.7. The van der Waals surface area contributed by atoms with Crippen molar-refractivity contribution in [3.8, 4) is 0 Å². The van der Waals surface area contributed by atoms with Crippen LogP contribution in [0.3, 0.4) is 0 Å². The second-order valence-corrected chi connectivity index (χ2v) is 3.97. The molecule has 0 fully saturated rings. The van der Waals surface area contributed by atoms with E-state index in [1.54, 1.807) is 25.4 Å². The molecule has 0 bridgehead atoms. The fraction of sp³-hybridized carbons (Fsp3) is 0.0769. The van der Waals surface area contributed by atoms with Crippen molar-refractivity contribution in [2.45, 2.75) is 0 Å². The Hall–Kier alpha value is -2.96. The van der Waals surface area contributed by atoms with E-state index in [2.05, 4.69) is 15.4 Å². The Morgan fingerprint density at radius 2 is 2.20 bits per heavy atom. The molecule has 2 aromatic rings. The fourth-order valence-electron chi connectivity index (χ4n) is 1.53. The van der Waals surface area contributed by atoms with Gasteiger partial charge in [-0.05, 0) is 17.7 Å². The molecule has 2 aromatic heterocycles. The quantitative estimate of drug-likeness (QED) is 0.814. The highest BCUT2D eigenvalue weighted by Crippen LogP contribution is 2.09. The minimum absolute atomic E-state index is 0.332. The van der Waals surface area contributed by atoms with E-state index in [4.69, 9.17) is 5.11 Å². The summed E-state index contributed by atoms with van der Waals surface area (Å²) in [7, 11) is 1.71. The Bertz CT molecular complexity index is 676. The number of nitrogens with one attached hydrogen (secondary N) is 1. The first-order valence-corrected chi connectivity index (χ1v) is 5.71. The largest absolute Gasteiger partial charge is 0.478 e. The van der Waals surface area contributed by atoms with Gasteiger partial charge in [0.15, 0.2) is 0 Å². The van der Waals surface area contributed by atoms with Gasteiger partial charge in [-0.3, -0.25) is 14.5 Å². The Kier molecular flexibility index (Phi) is 3.90. The summed E-state index contributed by atoms with van der Waals surface area (Å²) in [6.07, 6.45) is 6.81. The molecule has 20 heavy (non-hydrogen) atoms. The summed E-state index contributed by atoms with van der Waals surface area (Å²) in [6, 6.07) is 3.22. The predicted molar refractivity (Wildman–Crippen MR) is 72.1 cm³/mol. The summed E-state index contributed by atoms with van der Waals surface area (Å²) in [4.78, 5) is 26.4. The average Bonchev–Trinajstić information content (AvgIpc) is 2.82. The summed E-state index contributed by atoms with van der Waals surface area (Å²) in [5.41, 5.74) is 0.865. The maximum Gasteiger partial charge on any atom is 0.328 e. The van der Waals surface area contributed by atoms with Gasteiger partial charge in [0, 0.05) is 31.6 Å². The molecule has 0 saturated carbocycles. The molecule has 0 radical (unpaired) electrons. The van der Waals surface area contributed by atoms with Crippen molar-refractivity contribution in [1.82, 2.24) is 14.8 Å². The number of carbonyl (C=O) groups excluding carboxylic acids is 1. The maximum atomic E-state index is 12.0. The van der Waals surface area contributed by atoms with E-state index in [1.807, 2.05) is 0 Å². The van der Waals surface area contributed by atoms with Crippen LogP contribution in [0.25, 0.3) is 6.08 Å². The predicted octanol–water partition coefficient (Wildman–Crippen LogP) is 1.17. The number of carboxylic acid groups (broad SMARTS) is 1. The lowest BCUT2D eigenvalue weighted by Crippen LogP contribution is -2.14. The second-order valence-electron chi connectivity index (χ2n) is 3.97. The van der Waals surface area contributed by atoms with Gasteiger partial charge in [0.05, 0.1) is 11.8 Å². The molecule has 0 unspecified atom stereocenters. The van der Waals surface area contributed by atoms with Gasteiger partial charge >= 0.3 is 5.97 Å². The van der Waals surface area contributed by atoms with Crippen LogP contribution in [0.1, 0.15) is 15.9 Å². The summed E-state index contributed by atoms with van der Waals surface area (Å²) in [5, 5.41) is 15.2. The molecule has 0 aromatic carbocycles. The van der Waals surface area contributed by atoms with Crippen LogP contribution in [0.4, 0.5) is 5.82 Å². The first-order valence-electron chi connectivity index (χ1n) is 5.71. The van der Waals surface area contributed by atoms with Crippen LogP contribution < -0.4 is 5.32 Å². The van der Waals surface area contributed by atoms with E-state index in [9.17, 15) is 9.59 Å². The highest BCUT2D eigenvalue weighted by Gasteiger charge is 2.08. The van der Waals surface area contributed by atoms with Crippen LogP contribution in [0.5, 0.6) is 0 Å². The molecule has 0 aliphatic rings. The number of anilines is 1. The topological polar surface area (TPSA) is 97.1 Å². The summed E-state index contributed by atoms with van der Waals surface area (Å²) < 4.78 is 1.53. The molecule has 0 atom stereocenters. The van der Waals surface area contributed by atoms with Crippen LogP contribution in [-0.4, -0.2) is 31.7 Å². The van der Waals surface area contributed by atoms with E-state index >= 15 is 0 Å². The van der Waals surface area contributed by atoms with Crippen molar-refractivity contribution < 1.29 is 14.7 Å². The van der Waals surface area contributed by atoms with Crippen LogP contribution in [-0.2, 0) is 11.8 Å². The van der Waals surface area contributed by atoms with E-state index in [1.165, 1.54) is 23.2 Å². The molecule has 1 amide bonds. The van der Waals surface area contributed by atoms with Gasteiger partial charge in [0.25, 0.3) is 5.91 Å². The number of aromatic nitrogens is 3. The number of aryl methyl sites for hydroxylation is 1. The number of pyridine rings is 1. The van der Waals surface area contributed by atoms with Crippen molar-refractivity contribution in [3.05, 3.63) is 47.9 Å². The lowest BCUT2D eigenvalue weighted by Gasteiger charge is -2.05. The van der Waals surface area contributed by atoms with Crippen molar-refractivity contribution in [3.63, 3.8) is 0 Å². The zero-order chi connectivity index (χ0) is 14.5. The van der Waals surface area contributed by atoms with E-state index in [0.29, 0.717) is 16.9 Å². The van der Waals surface area contributed by atoms with Gasteiger partial charge in [-0.15, -0.1) is 0 Å². The number of hydrogen-bond donors (Lipinski definition) is 2. The first-order chi connectivity index (χ1) is 9.56. The van der Waals surface area contributed by atoms with Crippen LogP contribution in [0.15, 0.2) is 36.8 Å². The second kappa shape index (κ2) is 5.79. The van der Waals surface area contributed by atoms with Gasteiger partial charge < -0.3 is 10.4 Å². The highest BCUT2D eigenvalue weighted by molar-refractivity contribution is 6.04. The molecule has 0 saturated heterocycles. The molecule has 0 spiro atoms. The molecule has 0 aliphatic heterocycles.